The SMILES string of the molecule is N#Cc1ccc2[nH]c(O)c(-c3cc(OCCN4CCOCC4)ncn3)c2c1. The van der Waals surface area contributed by atoms with Gasteiger partial charge in [0.1, 0.15) is 12.9 Å². The Labute approximate surface area is 156 Å². The lowest BCUT2D eigenvalue weighted by atomic mass is 10.1. The molecule has 2 aromatic heterocycles. The van der Waals surface area contributed by atoms with Crippen LogP contribution in [-0.2, 0) is 4.74 Å². The zero-order chi connectivity index (χ0) is 18.6. The number of nitrogens with zero attached hydrogens (tertiary/aromatic N) is 4. The molecule has 0 saturated carbocycles. The van der Waals surface area contributed by atoms with Gasteiger partial charge in [-0.05, 0) is 18.2 Å². The maximum absolute atomic E-state index is 10.3. The van der Waals surface area contributed by atoms with Gasteiger partial charge in [0.15, 0.2) is 5.88 Å². The number of ether oxygens (including phenoxy) is 2. The van der Waals surface area contributed by atoms with Crippen LogP contribution in [0.4, 0.5) is 0 Å². The number of benzene rings is 1. The fourth-order valence-corrected chi connectivity index (χ4v) is 3.17. The third kappa shape index (κ3) is 3.69. The largest absolute Gasteiger partial charge is 0.494 e. The maximum atomic E-state index is 10.3. The number of hydrogen-bond acceptors (Lipinski definition) is 7. The summed E-state index contributed by atoms with van der Waals surface area (Å²) < 4.78 is 11.1. The quantitative estimate of drug-likeness (QED) is 0.711. The molecule has 0 aliphatic carbocycles. The first-order valence-corrected chi connectivity index (χ1v) is 8.75. The number of aromatic amines is 1. The minimum atomic E-state index is -0.00180. The number of fused-ring (bicyclic) bond motifs is 1. The molecule has 3 heterocycles. The van der Waals surface area contributed by atoms with E-state index in [-0.39, 0.29) is 5.88 Å². The van der Waals surface area contributed by atoms with Crippen LogP contribution < -0.4 is 4.74 Å². The van der Waals surface area contributed by atoms with E-state index in [2.05, 4.69) is 25.9 Å². The number of H-pyrrole nitrogens is 1. The summed E-state index contributed by atoms with van der Waals surface area (Å²) in [5, 5.41) is 20.2. The van der Waals surface area contributed by atoms with Crippen molar-refractivity contribution in [2.24, 2.45) is 0 Å². The second-order valence-corrected chi connectivity index (χ2v) is 6.26. The van der Waals surface area contributed by atoms with Crippen LogP contribution in [0.5, 0.6) is 11.8 Å². The van der Waals surface area contributed by atoms with Crippen LogP contribution in [0, 0.1) is 11.3 Å². The van der Waals surface area contributed by atoms with Crippen molar-refractivity contribution >= 4 is 10.9 Å². The molecule has 0 radical (unpaired) electrons. The van der Waals surface area contributed by atoms with Gasteiger partial charge in [-0.25, -0.2) is 9.97 Å². The van der Waals surface area contributed by atoms with Gasteiger partial charge in [0.2, 0.25) is 5.88 Å². The fourth-order valence-electron chi connectivity index (χ4n) is 3.17. The van der Waals surface area contributed by atoms with E-state index in [0.29, 0.717) is 29.3 Å². The Bertz CT molecular complexity index is 989. The molecule has 1 aromatic carbocycles. The van der Waals surface area contributed by atoms with Crippen molar-refractivity contribution in [1.29, 1.82) is 5.26 Å². The minimum absolute atomic E-state index is 0.00180. The Balaban J connectivity index is 1.54. The normalized spacial score (nSPS) is 14.9. The molecule has 2 N–H and O–H groups in total. The summed E-state index contributed by atoms with van der Waals surface area (Å²) >= 11 is 0. The summed E-state index contributed by atoms with van der Waals surface area (Å²) in [6.07, 6.45) is 1.41. The van der Waals surface area contributed by atoms with E-state index >= 15 is 0 Å². The van der Waals surface area contributed by atoms with Crippen LogP contribution >= 0.6 is 0 Å². The first-order valence-electron chi connectivity index (χ1n) is 8.75. The van der Waals surface area contributed by atoms with E-state index in [0.717, 1.165) is 43.8 Å². The van der Waals surface area contributed by atoms with Crippen LogP contribution in [0.15, 0.2) is 30.6 Å². The van der Waals surface area contributed by atoms with E-state index in [1.165, 1.54) is 6.33 Å². The van der Waals surface area contributed by atoms with E-state index in [4.69, 9.17) is 14.7 Å². The summed E-state index contributed by atoms with van der Waals surface area (Å²) in [6.45, 7) is 4.62. The van der Waals surface area contributed by atoms with E-state index in [1.807, 2.05) is 0 Å². The number of morpholine rings is 1. The highest BCUT2D eigenvalue weighted by Crippen LogP contribution is 2.36. The Kier molecular flexibility index (Phi) is 4.87. The summed E-state index contributed by atoms with van der Waals surface area (Å²) in [5.74, 6) is 0.441. The van der Waals surface area contributed by atoms with Crippen LogP contribution in [0.2, 0.25) is 0 Å². The molecule has 0 spiro atoms. The molecule has 0 atom stereocenters. The lowest BCUT2D eigenvalue weighted by Gasteiger charge is -2.26. The third-order valence-corrected chi connectivity index (χ3v) is 4.57. The highest BCUT2D eigenvalue weighted by atomic mass is 16.5. The lowest BCUT2D eigenvalue weighted by molar-refractivity contribution is 0.0320. The molecule has 1 aliphatic rings. The van der Waals surface area contributed by atoms with Crippen molar-refractivity contribution in [3.05, 3.63) is 36.2 Å². The number of nitriles is 1. The van der Waals surface area contributed by atoms with Crippen molar-refractivity contribution in [2.45, 2.75) is 0 Å². The Morgan fingerprint density at radius 2 is 2.11 bits per heavy atom. The molecule has 138 valence electrons. The lowest BCUT2D eigenvalue weighted by Crippen LogP contribution is -2.38. The van der Waals surface area contributed by atoms with E-state index in [9.17, 15) is 5.11 Å². The molecular formula is C19H19N5O3. The van der Waals surface area contributed by atoms with Gasteiger partial charge in [0.25, 0.3) is 0 Å². The van der Waals surface area contributed by atoms with E-state index in [1.54, 1.807) is 24.3 Å². The highest BCUT2D eigenvalue weighted by Gasteiger charge is 2.16. The van der Waals surface area contributed by atoms with Gasteiger partial charge in [-0.2, -0.15) is 5.26 Å². The van der Waals surface area contributed by atoms with Crippen molar-refractivity contribution in [1.82, 2.24) is 19.9 Å². The molecule has 27 heavy (non-hydrogen) atoms. The molecule has 0 unspecified atom stereocenters. The number of aromatic hydroxyl groups is 1. The van der Waals surface area contributed by atoms with Crippen molar-refractivity contribution in [3.63, 3.8) is 0 Å². The van der Waals surface area contributed by atoms with Gasteiger partial charge < -0.3 is 19.6 Å². The zero-order valence-corrected chi connectivity index (χ0v) is 14.7. The standard InChI is InChI=1S/C19H19N5O3/c20-11-13-1-2-15-14(9-13)18(19(25)23-15)16-10-17(22-12-21-16)27-8-5-24-3-6-26-7-4-24/h1-2,9-10,12,23,25H,3-8H2. The van der Waals surface area contributed by atoms with Crippen LogP contribution in [0.1, 0.15) is 5.56 Å². The second kappa shape index (κ2) is 7.61. The third-order valence-electron chi connectivity index (χ3n) is 4.57. The molecule has 8 heteroatoms. The molecule has 1 saturated heterocycles. The average molecular weight is 365 g/mol. The number of aromatic nitrogens is 3. The van der Waals surface area contributed by atoms with Gasteiger partial charge in [-0.1, -0.05) is 0 Å². The summed E-state index contributed by atoms with van der Waals surface area (Å²) in [6, 6.07) is 8.99. The van der Waals surface area contributed by atoms with Gasteiger partial charge in [-0.3, -0.25) is 4.90 Å². The highest BCUT2D eigenvalue weighted by molar-refractivity contribution is 5.98. The maximum Gasteiger partial charge on any atom is 0.216 e. The van der Waals surface area contributed by atoms with Gasteiger partial charge in [0.05, 0.1) is 36.1 Å². The summed E-state index contributed by atoms with van der Waals surface area (Å²) in [5.41, 5.74) is 2.31. The van der Waals surface area contributed by atoms with Gasteiger partial charge in [-0.15, -0.1) is 0 Å². The van der Waals surface area contributed by atoms with Crippen molar-refractivity contribution < 1.29 is 14.6 Å². The molecule has 8 nitrogen and oxygen atoms in total. The Morgan fingerprint density at radius 1 is 1.26 bits per heavy atom. The first-order chi connectivity index (χ1) is 13.2. The monoisotopic (exact) mass is 365 g/mol. The predicted octanol–water partition coefficient (Wildman–Crippen LogP) is 1.91. The summed E-state index contributed by atoms with van der Waals surface area (Å²) in [4.78, 5) is 13.6. The Hall–Kier alpha value is -3.15. The van der Waals surface area contributed by atoms with Crippen LogP contribution in [0.25, 0.3) is 22.2 Å². The molecular weight excluding hydrogens is 346 g/mol. The number of rotatable bonds is 5. The molecule has 1 aliphatic heterocycles. The minimum Gasteiger partial charge on any atom is -0.494 e. The van der Waals surface area contributed by atoms with Gasteiger partial charge >= 0.3 is 0 Å². The van der Waals surface area contributed by atoms with Crippen molar-refractivity contribution in [3.8, 4) is 29.1 Å². The first kappa shape index (κ1) is 17.3. The Morgan fingerprint density at radius 3 is 2.93 bits per heavy atom. The predicted molar refractivity (Wildman–Crippen MR) is 98.5 cm³/mol. The number of hydrogen-bond donors (Lipinski definition) is 2. The van der Waals surface area contributed by atoms with Crippen molar-refractivity contribution in [2.75, 3.05) is 39.5 Å². The second-order valence-electron chi connectivity index (χ2n) is 6.26. The molecule has 1 fully saturated rings. The average Bonchev–Trinajstić information content (AvgIpc) is 3.04. The zero-order valence-electron chi connectivity index (χ0n) is 14.7. The van der Waals surface area contributed by atoms with E-state index < -0.39 is 0 Å². The smallest absolute Gasteiger partial charge is 0.216 e. The summed E-state index contributed by atoms with van der Waals surface area (Å²) in [7, 11) is 0. The van der Waals surface area contributed by atoms with Crippen LogP contribution in [0.3, 0.4) is 0 Å². The van der Waals surface area contributed by atoms with Crippen LogP contribution in [-0.4, -0.2) is 64.4 Å². The molecule has 0 bridgehead atoms. The fraction of sp³-hybridized carbons (Fsp3) is 0.316. The molecule has 4 rings (SSSR count). The topological polar surface area (TPSA) is 107 Å². The molecule has 0 amide bonds. The molecule has 3 aromatic rings. The van der Waals surface area contributed by atoms with Gasteiger partial charge in [0, 0.05) is 36.6 Å². The number of nitrogens with one attached hydrogen (secondary N) is 1.